The second-order valence-corrected chi connectivity index (χ2v) is 3.79. The fourth-order valence-electron chi connectivity index (χ4n) is 1.42. The van der Waals surface area contributed by atoms with E-state index in [2.05, 4.69) is 10.6 Å². The van der Waals surface area contributed by atoms with Crippen LogP contribution in [0, 0.1) is 0 Å². The first-order valence-corrected chi connectivity index (χ1v) is 5.08. The molecule has 6 N–H and O–H groups in total. The van der Waals surface area contributed by atoms with E-state index in [1.807, 2.05) is 0 Å². The number of hydrogen-bond donors (Lipinski definition) is 4. The average Bonchev–Trinajstić information content (AvgIpc) is 2.21. The molecule has 17 heavy (non-hydrogen) atoms. The highest BCUT2D eigenvalue weighted by atomic mass is 16.2. The van der Waals surface area contributed by atoms with Gasteiger partial charge >= 0.3 is 0 Å². The van der Waals surface area contributed by atoms with E-state index in [0.717, 1.165) is 0 Å². The molecule has 1 saturated heterocycles. The Balaban J connectivity index is 2.48. The van der Waals surface area contributed by atoms with Crippen LogP contribution in [0.25, 0.3) is 0 Å². The molecule has 1 aliphatic heterocycles. The summed E-state index contributed by atoms with van der Waals surface area (Å²) in [5.74, 6) is -2.28. The predicted octanol–water partition coefficient (Wildman–Crippen LogP) is -2.89. The van der Waals surface area contributed by atoms with Crippen molar-refractivity contribution in [3.63, 3.8) is 0 Å². The molecular weight excluding hydrogens is 228 g/mol. The molecule has 0 spiro atoms. The van der Waals surface area contributed by atoms with Gasteiger partial charge in [-0.25, -0.2) is 0 Å². The fraction of sp³-hybridized carbons (Fsp3) is 0.556. The maximum absolute atomic E-state index is 11.5. The van der Waals surface area contributed by atoms with Gasteiger partial charge in [0, 0.05) is 6.42 Å². The summed E-state index contributed by atoms with van der Waals surface area (Å²) in [6.07, 6.45) is 0.0839. The molecule has 2 unspecified atom stereocenters. The number of amides is 4. The number of hydrogen-bond acceptors (Lipinski definition) is 5. The predicted molar refractivity (Wildman–Crippen MR) is 56.1 cm³/mol. The van der Waals surface area contributed by atoms with Gasteiger partial charge in [0.05, 0.1) is 12.5 Å². The summed E-state index contributed by atoms with van der Waals surface area (Å²) in [6, 6.07) is -1.88. The Bertz CT molecular complexity index is 368. The summed E-state index contributed by atoms with van der Waals surface area (Å²) in [5.41, 5.74) is 10.3. The Morgan fingerprint density at radius 2 is 2.12 bits per heavy atom. The molecule has 2 atom stereocenters. The Morgan fingerprint density at radius 3 is 2.65 bits per heavy atom. The molecule has 1 aliphatic rings. The zero-order chi connectivity index (χ0) is 13.0. The molecule has 1 fully saturated rings. The van der Waals surface area contributed by atoms with Crippen molar-refractivity contribution in [2.45, 2.75) is 31.3 Å². The number of nitrogens with two attached hydrogens (primary N) is 2. The maximum atomic E-state index is 11.5. The van der Waals surface area contributed by atoms with E-state index in [0.29, 0.717) is 0 Å². The van der Waals surface area contributed by atoms with Crippen molar-refractivity contribution in [2.24, 2.45) is 11.5 Å². The van der Waals surface area contributed by atoms with E-state index in [4.69, 9.17) is 11.5 Å². The van der Waals surface area contributed by atoms with Gasteiger partial charge in [-0.2, -0.15) is 0 Å². The summed E-state index contributed by atoms with van der Waals surface area (Å²) in [7, 11) is 0. The first-order chi connectivity index (χ1) is 7.90. The van der Waals surface area contributed by atoms with Crippen LogP contribution in [-0.4, -0.2) is 35.7 Å². The van der Waals surface area contributed by atoms with Crippen LogP contribution >= 0.6 is 0 Å². The van der Waals surface area contributed by atoms with Gasteiger partial charge in [0.1, 0.15) is 6.04 Å². The normalized spacial score (nSPS) is 21.6. The molecular formula is C9H14N4O4. The van der Waals surface area contributed by atoms with Crippen molar-refractivity contribution in [3.8, 4) is 0 Å². The smallest absolute Gasteiger partial charge is 0.249 e. The van der Waals surface area contributed by atoms with Crippen molar-refractivity contribution in [1.29, 1.82) is 0 Å². The molecule has 8 nitrogen and oxygen atoms in total. The third-order valence-electron chi connectivity index (χ3n) is 2.31. The molecule has 1 heterocycles. The van der Waals surface area contributed by atoms with Crippen LogP contribution in [0.3, 0.4) is 0 Å². The van der Waals surface area contributed by atoms with E-state index in [1.165, 1.54) is 0 Å². The van der Waals surface area contributed by atoms with Gasteiger partial charge in [0.2, 0.25) is 23.6 Å². The Morgan fingerprint density at radius 1 is 1.47 bits per heavy atom. The van der Waals surface area contributed by atoms with E-state index in [9.17, 15) is 19.2 Å². The number of imide groups is 1. The zero-order valence-electron chi connectivity index (χ0n) is 9.06. The van der Waals surface area contributed by atoms with Gasteiger partial charge in [0.25, 0.3) is 0 Å². The molecule has 0 aromatic rings. The largest absolute Gasteiger partial charge is 0.370 e. The third kappa shape index (κ3) is 3.83. The van der Waals surface area contributed by atoms with E-state index >= 15 is 0 Å². The first kappa shape index (κ1) is 13.1. The number of rotatable bonds is 4. The second kappa shape index (κ2) is 5.39. The van der Waals surface area contributed by atoms with Gasteiger partial charge in [-0.1, -0.05) is 0 Å². The van der Waals surface area contributed by atoms with E-state index in [-0.39, 0.29) is 25.2 Å². The minimum absolute atomic E-state index is 0.155. The van der Waals surface area contributed by atoms with Gasteiger partial charge in [-0.15, -0.1) is 0 Å². The molecule has 4 amide bonds. The minimum atomic E-state index is -1.09. The zero-order valence-corrected chi connectivity index (χ0v) is 9.06. The Kier molecular flexibility index (Phi) is 4.16. The SMILES string of the molecule is NC(=O)CC(N)C(=O)NC1CCC(=O)NC1=O. The first-order valence-electron chi connectivity index (χ1n) is 5.08. The summed E-state index contributed by atoms with van der Waals surface area (Å²) in [4.78, 5) is 44.2. The number of carbonyl (C=O) groups is 4. The van der Waals surface area contributed by atoms with Gasteiger partial charge < -0.3 is 16.8 Å². The van der Waals surface area contributed by atoms with Crippen LogP contribution in [0.15, 0.2) is 0 Å². The Hall–Kier alpha value is -1.96. The van der Waals surface area contributed by atoms with Crippen LogP contribution < -0.4 is 22.1 Å². The molecule has 0 aromatic heterocycles. The molecule has 0 radical (unpaired) electrons. The van der Waals surface area contributed by atoms with Crippen molar-refractivity contribution >= 4 is 23.6 Å². The highest BCUT2D eigenvalue weighted by Crippen LogP contribution is 2.04. The summed E-state index contributed by atoms with van der Waals surface area (Å²) in [6.45, 7) is 0. The van der Waals surface area contributed by atoms with Crippen LogP contribution in [0.4, 0.5) is 0 Å². The molecule has 0 bridgehead atoms. The lowest BCUT2D eigenvalue weighted by Crippen LogP contribution is -2.55. The number of primary amides is 1. The molecule has 8 heteroatoms. The van der Waals surface area contributed by atoms with Gasteiger partial charge in [-0.3, -0.25) is 24.5 Å². The van der Waals surface area contributed by atoms with Crippen molar-refractivity contribution in [2.75, 3.05) is 0 Å². The second-order valence-electron chi connectivity index (χ2n) is 3.79. The highest BCUT2D eigenvalue weighted by Gasteiger charge is 2.29. The van der Waals surface area contributed by atoms with E-state index in [1.54, 1.807) is 0 Å². The summed E-state index contributed by atoms with van der Waals surface area (Å²) < 4.78 is 0. The lowest BCUT2D eigenvalue weighted by molar-refractivity contribution is -0.137. The number of nitrogens with one attached hydrogen (secondary N) is 2. The number of carbonyl (C=O) groups excluding carboxylic acids is 4. The highest BCUT2D eigenvalue weighted by molar-refractivity contribution is 6.02. The standard InChI is InChI=1S/C9H14N4O4/c10-4(3-6(11)14)8(16)12-5-1-2-7(15)13-9(5)17/h4-5H,1-3,10H2,(H2,11,14)(H,12,16)(H,13,15,17). The Labute approximate surface area is 97.1 Å². The fourth-order valence-corrected chi connectivity index (χ4v) is 1.42. The maximum Gasteiger partial charge on any atom is 0.249 e. The lowest BCUT2D eigenvalue weighted by atomic mass is 10.1. The van der Waals surface area contributed by atoms with E-state index < -0.39 is 29.8 Å². The van der Waals surface area contributed by atoms with Crippen molar-refractivity contribution in [3.05, 3.63) is 0 Å². The molecule has 0 saturated carbocycles. The van der Waals surface area contributed by atoms with Crippen LogP contribution in [-0.2, 0) is 19.2 Å². The monoisotopic (exact) mass is 242 g/mol. The van der Waals surface area contributed by atoms with Gasteiger partial charge in [0.15, 0.2) is 0 Å². The van der Waals surface area contributed by atoms with Crippen LogP contribution in [0.1, 0.15) is 19.3 Å². The van der Waals surface area contributed by atoms with Crippen LogP contribution in [0.2, 0.25) is 0 Å². The van der Waals surface area contributed by atoms with Gasteiger partial charge in [-0.05, 0) is 6.42 Å². The third-order valence-corrected chi connectivity index (χ3v) is 2.31. The molecule has 1 rings (SSSR count). The summed E-state index contributed by atoms with van der Waals surface area (Å²) >= 11 is 0. The minimum Gasteiger partial charge on any atom is -0.370 e. The molecule has 0 aromatic carbocycles. The lowest BCUT2D eigenvalue weighted by Gasteiger charge is -2.23. The molecule has 0 aliphatic carbocycles. The average molecular weight is 242 g/mol. The van der Waals surface area contributed by atoms with Crippen LogP contribution in [0.5, 0.6) is 0 Å². The van der Waals surface area contributed by atoms with Crippen molar-refractivity contribution in [1.82, 2.24) is 10.6 Å². The number of piperidine rings is 1. The topological polar surface area (TPSA) is 144 Å². The van der Waals surface area contributed by atoms with Crippen molar-refractivity contribution < 1.29 is 19.2 Å². The summed E-state index contributed by atoms with van der Waals surface area (Å²) in [5, 5.41) is 4.45. The molecule has 94 valence electrons. The quantitative estimate of drug-likeness (QED) is 0.391.